The highest BCUT2D eigenvalue weighted by atomic mass is 16.5. The van der Waals surface area contributed by atoms with Crippen LogP contribution in [-0.2, 0) is 16.9 Å². The highest BCUT2D eigenvalue weighted by molar-refractivity contribution is 5.11. The van der Waals surface area contributed by atoms with Gasteiger partial charge in [0, 0.05) is 25.1 Å². The van der Waals surface area contributed by atoms with Crippen LogP contribution in [0.15, 0.2) is 12.4 Å². The molecule has 0 atom stereocenters. The summed E-state index contributed by atoms with van der Waals surface area (Å²) in [5, 5.41) is 8.85. The average molecular weight is 194 g/mol. The molecule has 1 aliphatic rings. The number of aliphatic hydroxyl groups excluding tert-OH is 1. The number of aromatic nitrogens is 2. The molecule has 1 heterocycles. The summed E-state index contributed by atoms with van der Waals surface area (Å²) in [7, 11) is 1.70. The van der Waals surface area contributed by atoms with E-state index < -0.39 is 0 Å². The predicted molar refractivity (Wildman–Crippen MR) is 50.5 cm³/mol. The first-order valence-electron chi connectivity index (χ1n) is 4.78. The van der Waals surface area contributed by atoms with Crippen LogP contribution < -0.4 is 0 Å². The van der Waals surface area contributed by atoms with Gasteiger partial charge in [-0.05, 0) is 19.3 Å². The van der Waals surface area contributed by atoms with E-state index in [1.54, 1.807) is 19.5 Å². The van der Waals surface area contributed by atoms with Gasteiger partial charge in [0.25, 0.3) is 0 Å². The van der Waals surface area contributed by atoms with Crippen molar-refractivity contribution >= 4 is 0 Å². The molecule has 4 nitrogen and oxygen atoms in total. The van der Waals surface area contributed by atoms with Crippen molar-refractivity contribution < 1.29 is 9.84 Å². The van der Waals surface area contributed by atoms with Crippen LogP contribution in [0.3, 0.4) is 0 Å². The Hall–Kier alpha value is -1.00. The monoisotopic (exact) mass is 194 g/mol. The fourth-order valence-electron chi connectivity index (χ4n) is 1.69. The van der Waals surface area contributed by atoms with Gasteiger partial charge in [0.15, 0.2) is 5.82 Å². The van der Waals surface area contributed by atoms with Crippen LogP contribution in [0, 0.1) is 0 Å². The van der Waals surface area contributed by atoms with E-state index in [2.05, 4.69) is 9.97 Å². The molecule has 1 aliphatic carbocycles. The van der Waals surface area contributed by atoms with Crippen molar-refractivity contribution in [1.29, 1.82) is 0 Å². The van der Waals surface area contributed by atoms with Crippen LogP contribution in [0.5, 0.6) is 0 Å². The zero-order valence-corrected chi connectivity index (χ0v) is 8.23. The van der Waals surface area contributed by atoms with Crippen LogP contribution in [0.1, 0.15) is 30.7 Å². The van der Waals surface area contributed by atoms with Gasteiger partial charge in [0.1, 0.15) is 5.60 Å². The summed E-state index contributed by atoms with van der Waals surface area (Å²) in [6.45, 7) is -0.0136. The topological polar surface area (TPSA) is 55.2 Å². The van der Waals surface area contributed by atoms with E-state index in [0.717, 1.165) is 24.2 Å². The summed E-state index contributed by atoms with van der Waals surface area (Å²) in [5.41, 5.74) is 0.480. The number of hydrogen-bond donors (Lipinski definition) is 1. The Labute approximate surface area is 83.0 Å². The Kier molecular flexibility index (Phi) is 2.48. The molecule has 1 fully saturated rings. The third-order valence-electron chi connectivity index (χ3n) is 2.85. The van der Waals surface area contributed by atoms with E-state index in [9.17, 15) is 0 Å². The minimum Gasteiger partial charge on any atom is -0.392 e. The number of methoxy groups -OCH3 is 1. The van der Waals surface area contributed by atoms with Crippen LogP contribution in [0.2, 0.25) is 0 Å². The standard InChI is InChI=1S/C10H14N2O2/c1-14-10(3-2-4-10)9-11-5-8(7-13)6-12-9/h5-6,13H,2-4,7H2,1H3. The fraction of sp³-hybridized carbons (Fsp3) is 0.600. The Morgan fingerprint density at radius 1 is 1.43 bits per heavy atom. The van der Waals surface area contributed by atoms with Crippen molar-refractivity contribution in [1.82, 2.24) is 9.97 Å². The Morgan fingerprint density at radius 2 is 2.07 bits per heavy atom. The maximum absolute atomic E-state index is 8.85. The predicted octanol–water partition coefficient (Wildman–Crippen LogP) is 0.995. The average Bonchev–Trinajstić information content (AvgIpc) is 2.18. The Bertz CT molecular complexity index is 301. The number of rotatable bonds is 3. The van der Waals surface area contributed by atoms with Crippen molar-refractivity contribution in [3.63, 3.8) is 0 Å². The van der Waals surface area contributed by atoms with Crippen molar-refractivity contribution in [2.24, 2.45) is 0 Å². The number of nitrogens with zero attached hydrogens (tertiary/aromatic N) is 2. The highest BCUT2D eigenvalue weighted by Crippen LogP contribution is 2.42. The second-order valence-electron chi connectivity index (χ2n) is 3.63. The van der Waals surface area contributed by atoms with Crippen LogP contribution >= 0.6 is 0 Å². The van der Waals surface area contributed by atoms with Gasteiger partial charge in [0.05, 0.1) is 6.61 Å². The molecule has 1 N–H and O–H groups in total. The first-order chi connectivity index (χ1) is 6.80. The van der Waals surface area contributed by atoms with Crippen LogP contribution in [-0.4, -0.2) is 22.2 Å². The molecule has 0 radical (unpaired) electrons. The molecule has 0 aliphatic heterocycles. The normalized spacial score (nSPS) is 19.0. The molecule has 0 saturated heterocycles. The second kappa shape index (κ2) is 3.63. The maximum atomic E-state index is 8.85. The minimum atomic E-state index is -0.256. The number of hydrogen-bond acceptors (Lipinski definition) is 4. The first-order valence-corrected chi connectivity index (χ1v) is 4.78. The van der Waals surface area contributed by atoms with Crippen LogP contribution in [0.4, 0.5) is 0 Å². The van der Waals surface area contributed by atoms with Gasteiger partial charge in [-0.1, -0.05) is 0 Å². The van der Waals surface area contributed by atoms with Gasteiger partial charge < -0.3 is 9.84 Å². The van der Waals surface area contributed by atoms with Gasteiger partial charge >= 0.3 is 0 Å². The Balaban J connectivity index is 2.23. The van der Waals surface area contributed by atoms with E-state index in [-0.39, 0.29) is 12.2 Å². The molecule has 1 saturated carbocycles. The van der Waals surface area contributed by atoms with Gasteiger partial charge in [-0.15, -0.1) is 0 Å². The SMILES string of the molecule is COC1(c2ncc(CO)cn2)CCC1. The fourth-order valence-corrected chi connectivity index (χ4v) is 1.69. The van der Waals surface area contributed by atoms with E-state index in [4.69, 9.17) is 9.84 Å². The molecule has 0 bridgehead atoms. The molecule has 4 heteroatoms. The summed E-state index contributed by atoms with van der Waals surface area (Å²) >= 11 is 0. The quantitative estimate of drug-likeness (QED) is 0.779. The molecule has 14 heavy (non-hydrogen) atoms. The number of aliphatic hydroxyl groups is 1. The van der Waals surface area contributed by atoms with Gasteiger partial charge in [-0.2, -0.15) is 0 Å². The molecule has 1 aromatic heterocycles. The lowest BCUT2D eigenvalue weighted by Gasteiger charge is -2.38. The highest BCUT2D eigenvalue weighted by Gasteiger charge is 2.41. The summed E-state index contributed by atoms with van der Waals surface area (Å²) in [4.78, 5) is 8.44. The van der Waals surface area contributed by atoms with Gasteiger partial charge in [-0.3, -0.25) is 0 Å². The summed E-state index contributed by atoms with van der Waals surface area (Å²) < 4.78 is 5.45. The molecule has 2 rings (SSSR count). The molecule has 1 aromatic rings. The maximum Gasteiger partial charge on any atom is 0.160 e. The lowest BCUT2D eigenvalue weighted by Crippen LogP contribution is -2.37. The van der Waals surface area contributed by atoms with E-state index in [0.29, 0.717) is 0 Å². The molecule has 0 aromatic carbocycles. The molecule has 0 amide bonds. The number of ether oxygens (including phenoxy) is 1. The largest absolute Gasteiger partial charge is 0.392 e. The van der Waals surface area contributed by atoms with Crippen LogP contribution in [0.25, 0.3) is 0 Å². The zero-order valence-electron chi connectivity index (χ0n) is 8.23. The first kappa shape index (κ1) is 9.55. The third kappa shape index (κ3) is 1.40. The zero-order chi connectivity index (χ0) is 10.0. The van der Waals surface area contributed by atoms with E-state index >= 15 is 0 Å². The van der Waals surface area contributed by atoms with Crippen molar-refractivity contribution in [3.05, 3.63) is 23.8 Å². The second-order valence-corrected chi connectivity index (χ2v) is 3.63. The smallest absolute Gasteiger partial charge is 0.160 e. The molecule has 0 spiro atoms. The molecule has 0 unspecified atom stereocenters. The summed E-state index contributed by atoms with van der Waals surface area (Å²) in [5.74, 6) is 0.739. The Morgan fingerprint density at radius 3 is 2.43 bits per heavy atom. The lowest BCUT2D eigenvalue weighted by atomic mass is 9.79. The summed E-state index contributed by atoms with van der Waals surface area (Å²) in [6, 6.07) is 0. The third-order valence-corrected chi connectivity index (χ3v) is 2.85. The van der Waals surface area contributed by atoms with Crippen molar-refractivity contribution in [3.8, 4) is 0 Å². The van der Waals surface area contributed by atoms with E-state index in [1.165, 1.54) is 6.42 Å². The summed E-state index contributed by atoms with van der Waals surface area (Å²) in [6.07, 6.45) is 6.45. The van der Waals surface area contributed by atoms with E-state index in [1.807, 2.05) is 0 Å². The lowest BCUT2D eigenvalue weighted by molar-refractivity contribution is -0.0847. The minimum absolute atomic E-state index is 0.0136. The molecular formula is C10H14N2O2. The van der Waals surface area contributed by atoms with Crippen molar-refractivity contribution in [2.45, 2.75) is 31.5 Å². The van der Waals surface area contributed by atoms with Crippen molar-refractivity contribution in [2.75, 3.05) is 7.11 Å². The van der Waals surface area contributed by atoms with Gasteiger partial charge in [-0.25, -0.2) is 9.97 Å². The molecule has 76 valence electrons. The molecular weight excluding hydrogens is 180 g/mol. The van der Waals surface area contributed by atoms with Gasteiger partial charge in [0.2, 0.25) is 0 Å².